The number of aryl methyl sites for hydroxylation is 2. The van der Waals surface area contributed by atoms with Gasteiger partial charge in [-0.3, -0.25) is 4.68 Å². The summed E-state index contributed by atoms with van der Waals surface area (Å²) in [5.41, 5.74) is 1.30. The molecular weight excluding hydrogens is 346 g/mol. The molecule has 116 valence electrons. The third-order valence-electron chi connectivity index (χ3n) is 3.55. The van der Waals surface area contributed by atoms with Crippen LogP contribution in [-0.4, -0.2) is 16.3 Å². The molecule has 3 nitrogen and oxygen atoms in total. The van der Waals surface area contributed by atoms with Crippen LogP contribution in [0, 0.1) is 0 Å². The van der Waals surface area contributed by atoms with Crippen LogP contribution in [0.15, 0.2) is 28.2 Å². The van der Waals surface area contributed by atoms with Gasteiger partial charge in [-0.05, 0) is 59.6 Å². The van der Waals surface area contributed by atoms with E-state index in [2.05, 4.69) is 62.4 Å². The van der Waals surface area contributed by atoms with E-state index < -0.39 is 0 Å². The number of nitrogens with zero attached hydrogens (tertiary/aromatic N) is 2. The summed E-state index contributed by atoms with van der Waals surface area (Å²) in [4.78, 5) is 1.48. The fourth-order valence-electron chi connectivity index (χ4n) is 2.63. The molecule has 1 atom stereocenters. The van der Waals surface area contributed by atoms with Crippen molar-refractivity contribution in [2.45, 2.75) is 52.1 Å². The SMILES string of the molecule is CCCn1ncc(Br)c1C(CCCc1cccs1)NCC. The molecule has 5 heteroatoms. The highest BCUT2D eigenvalue weighted by Gasteiger charge is 2.18. The zero-order valence-electron chi connectivity index (χ0n) is 12.8. The molecule has 1 unspecified atom stereocenters. The molecule has 2 heterocycles. The lowest BCUT2D eigenvalue weighted by molar-refractivity contribution is 0.447. The second-order valence-electron chi connectivity index (χ2n) is 5.18. The molecule has 0 saturated heterocycles. The maximum Gasteiger partial charge on any atom is 0.0695 e. The van der Waals surface area contributed by atoms with Gasteiger partial charge in [0.2, 0.25) is 0 Å². The van der Waals surface area contributed by atoms with Crippen LogP contribution >= 0.6 is 27.3 Å². The van der Waals surface area contributed by atoms with Gasteiger partial charge < -0.3 is 5.32 Å². The molecule has 2 aromatic heterocycles. The molecule has 2 aromatic rings. The molecule has 0 bridgehead atoms. The Labute approximate surface area is 139 Å². The van der Waals surface area contributed by atoms with Crippen LogP contribution in [0.3, 0.4) is 0 Å². The average molecular weight is 370 g/mol. The van der Waals surface area contributed by atoms with Gasteiger partial charge in [0, 0.05) is 11.4 Å². The first-order chi connectivity index (χ1) is 10.3. The van der Waals surface area contributed by atoms with Crippen LogP contribution in [-0.2, 0) is 13.0 Å². The van der Waals surface area contributed by atoms with Gasteiger partial charge in [-0.25, -0.2) is 0 Å². The Morgan fingerprint density at radius 1 is 1.43 bits per heavy atom. The van der Waals surface area contributed by atoms with Crippen molar-refractivity contribution in [2.24, 2.45) is 0 Å². The van der Waals surface area contributed by atoms with Gasteiger partial charge >= 0.3 is 0 Å². The van der Waals surface area contributed by atoms with Crippen molar-refractivity contribution in [1.29, 1.82) is 0 Å². The fourth-order valence-corrected chi connectivity index (χ4v) is 3.95. The maximum absolute atomic E-state index is 4.50. The third-order valence-corrected chi connectivity index (χ3v) is 5.09. The van der Waals surface area contributed by atoms with Crippen molar-refractivity contribution >= 4 is 27.3 Å². The summed E-state index contributed by atoms with van der Waals surface area (Å²) in [5.74, 6) is 0. The van der Waals surface area contributed by atoms with Crippen LogP contribution in [0.1, 0.15) is 49.7 Å². The molecule has 0 aromatic carbocycles. The van der Waals surface area contributed by atoms with Gasteiger partial charge in [-0.2, -0.15) is 5.10 Å². The first kappa shape index (κ1) is 16.7. The van der Waals surface area contributed by atoms with Crippen molar-refractivity contribution in [1.82, 2.24) is 15.1 Å². The number of halogens is 1. The number of aromatic nitrogens is 2. The number of thiophene rings is 1. The summed E-state index contributed by atoms with van der Waals surface area (Å²) < 4.78 is 3.26. The quantitative estimate of drug-likeness (QED) is 0.688. The maximum atomic E-state index is 4.50. The molecule has 2 rings (SSSR count). The normalized spacial score (nSPS) is 12.7. The lowest BCUT2D eigenvalue weighted by atomic mass is 10.1. The minimum atomic E-state index is 0.374. The number of hydrogen-bond donors (Lipinski definition) is 1. The molecule has 0 aliphatic carbocycles. The number of nitrogens with one attached hydrogen (secondary N) is 1. The Balaban J connectivity index is 2.02. The van der Waals surface area contributed by atoms with Gasteiger partial charge in [-0.1, -0.05) is 19.9 Å². The molecule has 21 heavy (non-hydrogen) atoms. The van der Waals surface area contributed by atoms with Crippen molar-refractivity contribution in [3.8, 4) is 0 Å². The highest BCUT2D eigenvalue weighted by Crippen LogP contribution is 2.27. The average Bonchev–Trinajstić information content (AvgIpc) is 3.09. The van der Waals surface area contributed by atoms with E-state index in [1.807, 2.05) is 17.5 Å². The van der Waals surface area contributed by atoms with E-state index in [0.717, 1.165) is 30.4 Å². The summed E-state index contributed by atoms with van der Waals surface area (Å²) in [6, 6.07) is 4.73. The molecule has 1 N–H and O–H groups in total. The van der Waals surface area contributed by atoms with Crippen molar-refractivity contribution < 1.29 is 0 Å². The lowest BCUT2D eigenvalue weighted by Gasteiger charge is -2.20. The van der Waals surface area contributed by atoms with Gasteiger partial charge in [-0.15, -0.1) is 11.3 Å². The first-order valence-corrected chi connectivity index (χ1v) is 9.40. The fraction of sp³-hybridized carbons (Fsp3) is 0.562. The summed E-state index contributed by atoms with van der Waals surface area (Å²) in [6.07, 6.45) is 6.53. The Morgan fingerprint density at radius 3 is 2.95 bits per heavy atom. The van der Waals surface area contributed by atoms with Gasteiger partial charge in [0.25, 0.3) is 0 Å². The highest BCUT2D eigenvalue weighted by molar-refractivity contribution is 9.10. The van der Waals surface area contributed by atoms with E-state index in [1.165, 1.54) is 23.4 Å². The highest BCUT2D eigenvalue weighted by atomic mass is 79.9. The lowest BCUT2D eigenvalue weighted by Crippen LogP contribution is -2.24. The molecule has 0 radical (unpaired) electrons. The summed E-state index contributed by atoms with van der Waals surface area (Å²) in [7, 11) is 0. The second-order valence-corrected chi connectivity index (χ2v) is 7.07. The minimum Gasteiger partial charge on any atom is -0.309 e. The smallest absolute Gasteiger partial charge is 0.0695 e. The molecule has 0 saturated carbocycles. The zero-order chi connectivity index (χ0) is 15.1. The van der Waals surface area contributed by atoms with Gasteiger partial charge in [0.05, 0.1) is 22.4 Å². The Kier molecular flexibility index (Phi) is 6.93. The number of rotatable bonds is 9. The Morgan fingerprint density at radius 2 is 2.29 bits per heavy atom. The largest absolute Gasteiger partial charge is 0.309 e. The predicted octanol–water partition coefficient (Wildman–Crippen LogP) is 4.79. The van der Waals surface area contributed by atoms with Crippen LogP contribution in [0.4, 0.5) is 0 Å². The summed E-state index contributed by atoms with van der Waals surface area (Å²) in [5, 5.41) is 10.3. The topological polar surface area (TPSA) is 29.9 Å². The molecule has 0 spiro atoms. The predicted molar refractivity (Wildman–Crippen MR) is 93.9 cm³/mol. The molecule has 0 fully saturated rings. The van der Waals surface area contributed by atoms with Gasteiger partial charge in [0.1, 0.15) is 0 Å². The molecule has 0 aliphatic rings. The Hall–Kier alpha value is -0.650. The minimum absolute atomic E-state index is 0.374. The standard InChI is InChI=1S/C16H24BrN3S/c1-3-10-20-16(14(17)12-19-20)15(18-4-2)9-5-7-13-8-6-11-21-13/h6,8,11-12,15,18H,3-5,7,9-10H2,1-2H3. The van der Waals surface area contributed by atoms with E-state index in [0.29, 0.717) is 6.04 Å². The second kappa shape index (κ2) is 8.71. The van der Waals surface area contributed by atoms with E-state index >= 15 is 0 Å². The van der Waals surface area contributed by atoms with E-state index in [1.54, 1.807) is 0 Å². The molecule has 0 aliphatic heterocycles. The molecule has 0 amide bonds. The summed E-state index contributed by atoms with van der Waals surface area (Å²) >= 11 is 5.52. The van der Waals surface area contributed by atoms with Crippen LogP contribution in [0.2, 0.25) is 0 Å². The number of hydrogen-bond acceptors (Lipinski definition) is 3. The van der Waals surface area contributed by atoms with E-state index in [9.17, 15) is 0 Å². The van der Waals surface area contributed by atoms with Crippen molar-refractivity contribution in [3.63, 3.8) is 0 Å². The van der Waals surface area contributed by atoms with E-state index in [-0.39, 0.29) is 0 Å². The third kappa shape index (κ3) is 4.66. The first-order valence-electron chi connectivity index (χ1n) is 7.73. The van der Waals surface area contributed by atoms with Crippen molar-refractivity contribution in [2.75, 3.05) is 6.54 Å². The Bertz CT molecular complexity index is 522. The monoisotopic (exact) mass is 369 g/mol. The van der Waals surface area contributed by atoms with E-state index in [4.69, 9.17) is 0 Å². The van der Waals surface area contributed by atoms with Crippen LogP contribution in [0.25, 0.3) is 0 Å². The zero-order valence-corrected chi connectivity index (χ0v) is 15.2. The van der Waals surface area contributed by atoms with Crippen LogP contribution < -0.4 is 5.32 Å². The molecular formula is C16H24BrN3S. The van der Waals surface area contributed by atoms with Gasteiger partial charge in [0.15, 0.2) is 0 Å². The van der Waals surface area contributed by atoms with Crippen LogP contribution in [0.5, 0.6) is 0 Å². The van der Waals surface area contributed by atoms with Crippen molar-refractivity contribution in [3.05, 3.63) is 38.8 Å². The summed E-state index contributed by atoms with van der Waals surface area (Å²) in [6.45, 7) is 6.32.